The summed E-state index contributed by atoms with van der Waals surface area (Å²) in [4.78, 5) is 7.61. The second-order valence-corrected chi connectivity index (χ2v) is 9.35. The van der Waals surface area contributed by atoms with Gasteiger partial charge in [-0.25, -0.2) is 0 Å². The predicted molar refractivity (Wildman–Crippen MR) is 131 cm³/mol. The molecule has 4 heterocycles. The van der Waals surface area contributed by atoms with E-state index in [2.05, 4.69) is 40.2 Å². The minimum atomic E-state index is 0.371. The lowest BCUT2D eigenvalue weighted by Gasteiger charge is -2.38. The molecule has 2 saturated heterocycles. The molecule has 2 N–H and O–H groups in total. The van der Waals surface area contributed by atoms with Gasteiger partial charge in [0, 0.05) is 36.0 Å². The Morgan fingerprint density at radius 2 is 1.72 bits per heavy atom. The molecule has 2 bridgehead atoms. The van der Waals surface area contributed by atoms with Gasteiger partial charge in [0.25, 0.3) is 0 Å². The number of pyridine rings is 1. The SMILES string of the molecule is NC(=S)c1cccc2c1Oc1ccccc1C2=C1CC2CCC(C1)N2Cc1ccccn1. The number of ether oxygens (including phenoxy) is 1. The van der Waals surface area contributed by atoms with Gasteiger partial charge in [0.2, 0.25) is 0 Å². The lowest BCUT2D eigenvalue weighted by Crippen LogP contribution is -2.40. The van der Waals surface area contributed by atoms with Crippen molar-refractivity contribution in [3.63, 3.8) is 0 Å². The maximum absolute atomic E-state index is 6.34. The summed E-state index contributed by atoms with van der Waals surface area (Å²) in [6.07, 6.45) is 6.52. The molecule has 0 radical (unpaired) electrons. The fourth-order valence-corrected chi connectivity index (χ4v) is 5.84. The third-order valence-corrected chi connectivity index (χ3v) is 7.30. The maximum atomic E-state index is 6.34. The molecule has 3 aromatic rings. The van der Waals surface area contributed by atoms with E-state index in [4.69, 9.17) is 22.7 Å². The van der Waals surface area contributed by atoms with Gasteiger partial charge in [-0.15, -0.1) is 0 Å². The summed E-state index contributed by atoms with van der Waals surface area (Å²) in [5.74, 6) is 1.68. The predicted octanol–water partition coefficient (Wildman–Crippen LogP) is 5.45. The Labute approximate surface area is 193 Å². The van der Waals surface area contributed by atoms with Crippen molar-refractivity contribution in [1.82, 2.24) is 9.88 Å². The summed E-state index contributed by atoms with van der Waals surface area (Å²) in [6.45, 7) is 0.931. The number of hydrogen-bond donors (Lipinski definition) is 1. The molecule has 1 aromatic heterocycles. The van der Waals surface area contributed by atoms with E-state index in [0.29, 0.717) is 17.1 Å². The van der Waals surface area contributed by atoms with E-state index in [0.717, 1.165) is 47.7 Å². The molecule has 3 aliphatic rings. The van der Waals surface area contributed by atoms with Crippen LogP contribution in [0.5, 0.6) is 11.5 Å². The third kappa shape index (κ3) is 3.24. The minimum Gasteiger partial charge on any atom is -0.455 e. The molecule has 2 aromatic carbocycles. The van der Waals surface area contributed by atoms with E-state index < -0.39 is 0 Å². The van der Waals surface area contributed by atoms with Crippen LogP contribution in [0.1, 0.15) is 48.1 Å². The molecular formula is C27H25N3OS. The number of benzene rings is 2. The Kier molecular flexibility index (Phi) is 4.81. The van der Waals surface area contributed by atoms with Crippen molar-refractivity contribution in [1.29, 1.82) is 0 Å². The fourth-order valence-electron chi connectivity index (χ4n) is 5.68. The van der Waals surface area contributed by atoms with Gasteiger partial charge in [-0.3, -0.25) is 9.88 Å². The van der Waals surface area contributed by atoms with Crippen molar-refractivity contribution in [2.24, 2.45) is 5.73 Å². The van der Waals surface area contributed by atoms with Gasteiger partial charge in [-0.1, -0.05) is 54.2 Å². The third-order valence-electron chi connectivity index (χ3n) is 7.08. The Balaban J connectivity index is 1.43. The van der Waals surface area contributed by atoms with E-state index in [9.17, 15) is 0 Å². The van der Waals surface area contributed by atoms with Gasteiger partial charge in [0.1, 0.15) is 16.5 Å². The van der Waals surface area contributed by atoms with Crippen LogP contribution in [-0.4, -0.2) is 27.0 Å². The summed E-state index contributed by atoms with van der Waals surface area (Å²) < 4.78 is 6.34. The van der Waals surface area contributed by atoms with Crippen LogP contribution < -0.4 is 10.5 Å². The van der Waals surface area contributed by atoms with Crippen LogP contribution in [0.4, 0.5) is 0 Å². The fraction of sp³-hybridized carbons (Fsp3) is 0.259. The first-order valence-corrected chi connectivity index (χ1v) is 11.7. The Bertz CT molecular complexity index is 1220. The van der Waals surface area contributed by atoms with E-state index in [1.165, 1.54) is 29.6 Å². The number of nitrogens with zero attached hydrogens (tertiary/aromatic N) is 2. The van der Waals surface area contributed by atoms with Crippen LogP contribution in [0.15, 0.2) is 72.4 Å². The summed E-state index contributed by atoms with van der Waals surface area (Å²) in [7, 11) is 0. The topological polar surface area (TPSA) is 51.4 Å². The standard InChI is InChI=1S/C27H25N3OS/c28-27(32)23-9-5-8-22-25(21-7-1-2-10-24(21)31-26(22)23)17-14-19-11-12-20(15-17)30(19)16-18-6-3-4-13-29-18/h1-10,13,19-20H,11-12,14-16H2,(H2,28,32). The van der Waals surface area contributed by atoms with Gasteiger partial charge in [0.15, 0.2) is 0 Å². The first kappa shape index (κ1) is 19.6. The number of thiocarbonyl (C=S) groups is 1. The van der Waals surface area contributed by atoms with Crippen LogP contribution in [-0.2, 0) is 6.54 Å². The lowest BCUT2D eigenvalue weighted by molar-refractivity contribution is 0.156. The van der Waals surface area contributed by atoms with Gasteiger partial charge < -0.3 is 10.5 Å². The highest BCUT2D eigenvalue weighted by atomic mass is 32.1. The first-order valence-electron chi connectivity index (χ1n) is 11.3. The number of piperidine rings is 1. The average molecular weight is 440 g/mol. The van der Waals surface area contributed by atoms with Crippen molar-refractivity contribution in [2.75, 3.05) is 0 Å². The van der Waals surface area contributed by atoms with E-state index in [1.54, 1.807) is 0 Å². The highest BCUT2D eigenvalue weighted by molar-refractivity contribution is 7.80. The van der Waals surface area contributed by atoms with Crippen LogP contribution in [0.25, 0.3) is 5.57 Å². The number of nitrogens with two attached hydrogens (primary N) is 1. The highest BCUT2D eigenvalue weighted by Crippen LogP contribution is 2.50. The van der Waals surface area contributed by atoms with E-state index in [1.807, 2.05) is 36.5 Å². The van der Waals surface area contributed by atoms with Crippen LogP contribution in [0.3, 0.4) is 0 Å². The highest BCUT2D eigenvalue weighted by Gasteiger charge is 2.40. The number of aromatic nitrogens is 1. The van der Waals surface area contributed by atoms with Crippen molar-refractivity contribution in [3.8, 4) is 11.5 Å². The van der Waals surface area contributed by atoms with Gasteiger partial charge in [0.05, 0.1) is 11.3 Å². The smallest absolute Gasteiger partial charge is 0.145 e. The van der Waals surface area contributed by atoms with Crippen LogP contribution in [0.2, 0.25) is 0 Å². The molecule has 2 fully saturated rings. The molecule has 160 valence electrons. The van der Waals surface area contributed by atoms with Crippen molar-refractivity contribution >= 4 is 22.8 Å². The van der Waals surface area contributed by atoms with Gasteiger partial charge >= 0.3 is 0 Å². The Morgan fingerprint density at radius 3 is 2.47 bits per heavy atom. The first-order chi connectivity index (χ1) is 15.7. The number of hydrogen-bond acceptors (Lipinski definition) is 4. The van der Waals surface area contributed by atoms with Gasteiger partial charge in [-0.05, 0) is 55.5 Å². The Hall–Kier alpha value is -3.02. The average Bonchev–Trinajstić information content (AvgIpc) is 3.04. The zero-order valence-corrected chi connectivity index (χ0v) is 18.6. The molecule has 5 heteroatoms. The summed E-state index contributed by atoms with van der Waals surface area (Å²) in [5.41, 5.74) is 13.1. The quantitative estimate of drug-likeness (QED) is 0.430. The summed E-state index contributed by atoms with van der Waals surface area (Å²) >= 11 is 5.34. The second kappa shape index (κ2) is 7.84. The molecule has 0 amide bonds. The zero-order valence-electron chi connectivity index (χ0n) is 17.8. The molecule has 3 aliphatic heterocycles. The molecule has 6 rings (SSSR count). The minimum absolute atomic E-state index is 0.371. The second-order valence-electron chi connectivity index (χ2n) is 8.91. The number of rotatable bonds is 3. The zero-order chi connectivity index (χ0) is 21.7. The number of para-hydroxylation sites is 2. The molecule has 4 nitrogen and oxygen atoms in total. The van der Waals surface area contributed by atoms with Crippen LogP contribution in [0, 0.1) is 0 Å². The van der Waals surface area contributed by atoms with Crippen molar-refractivity contribution in [2.45, 2.75) is 44.3 Å². The number of fused-ring (bicyclic) bond motifs is 4. The summed E-state index contributed by atoms with van der Waals surface area (Å²) in [5, 5.41) is 0. The normalized spacial score (nSPS) is 21.6. The van der Waals surface area contributed by atoms with Gasteiger partial charge in [-0.2, -0.15) is 0 Å². The monoisotopic (exact) mass is 439 g/mol. The van der Waals surface area contributed by atoms with Crippen LogP contribution >= 0.6 is 12.2 Å². The van der Waals surface area contributed by atoms with Crippen molar-refractivity contribution < 1.29 is 4.74 Å². The van der Waals surface area contributed by atoms with E-state index in [-0.39, 0.29) is 0 Å². The molecular weight excluding hydrogens is 414 g/mol. The molecule has 2 unspecified atom stereocenters. The van der Waals surface area contributed by atoms with Crippen molar-refractivity contribution in [3.05, 3.63) is 94.8 Å². The maximum Gasteiger partial charge on any atom is 0.145 e. The molecule has 2 atom stereocenters. The van der Waals surface area contributed by atoms with E-state index >= 15 is 0 Å². The molecule has 0 saturated carbocycles. The molecule has 0 spiro atoms. The summed E-state index contributed by atoms with van der Waals surface area (Å²) in [6, 6.07) is 21.8. The largest absolute Gasteiger partial charge is 0.455 e. The molecule has 32 heavy (non-hydrogen) atoms. The molecule has 0 aliphatic carbocycles. The lowest BCUT2D eigenvalue weighted by atomic mass is 9.83. The Morgan fingerprint density at radius 1 is 0.969 bits per heavy atom.